The molecule has 1 aromatic carbocycles. The monoisotopic (exact) mass is 377 g/mol. The minimum atomic E-state index is -0.108. The van der Waals surface area contributed by atoms with Crippen LogP contribution < -0.4 is 5.32 Å². The Bertz CT molecular complexity index is 806. The number of carbonyl (C=O) groups is 2. The van der Waals surface area contributed by atoms with E-state index < -0.39 is 0 Å². The number of nitrogens with zero attached hydrogens (tertiary/aromatic N) is 3. The fourth-order valence-corrected chi connectivity index (χ4v) is 3.46. The van der Waals surface area contributed by atoms with Crippen molar-refractivity contribution in [2.24, 2.45) is 5.92 Å². The maximum absolute atomic E-state index is 12.2. The van der Waals surface area contributed by atoms with Gasteiger partial charge >= 0.3 is 6.03 Å². The Hall–Kier alpha value is -2.28. The summed E-state index contributed by atoms with van der Waals surface area (Å²) in [7, 11) is 3.57. The summed E-state index contributed by atoms with van der Waals surface area (Å²) in [4.78, 5) is 34.9. The number of aromatic nitrogens is 2. The highest BCUT2D eigenvalue weighted by Crippen LogP contribution is 2.18. The highest BCUT2D eigenvalue weighted by atomic mass is 35.5. The zero-order chi connectivity index (χ0) is 18.7. The number of rotatable bonds is 6. The predicted molar refractivity (Wildman–Crippen MR) is 101 cm³/mol. The molecule has 0 aliphatic carbocycles. The molecule has 1 aromatic heterocycles. The van der Waals surface area contributed by atoms with Gasteiger partial charge in [-0.15, -0.1) is 0 Å². The maximum Gasteiger partial charge on any atom is 0.317 e. The van der Waals surface area contributed by atoms with Gasteiger partial charge in [0.15, 0.2) is 0 Å². The Kier molecular flexibility index (Phi) is 5.66. The minimum Gasteiger partial charge on any atom is -0.345 e. The molecule has 1 atom stereocenters. The highest BCUT2D eigenvalue weighted by Gasteiger charge is 2.28. The smallest absolute Gasteiger partial charge is 0.317 e. The van der Waals surface area contributed by atoms with Gasteiger partial charge < -0.3 is 20.1 Å². The fraction of sp³-hybridized carbons (Fsp3) is 0.500. The molecule has 0 spiro atoms. The number of H-pyrrole nitrogens is 1. The molecule has 0 bridgehead atoms. The van der Waals surface area contributed by atoms with Crippen molar-refractivity contribution in [1.82, 2.24) is 25.1 Å². The summed E-state index contributed by atoms with van der Waals surface area (Å²) >= 11 is 5.97. The summed E-state index contributed by atoms with van der Waals surface area (Å²) in [5.41, 5.74) is 1.82. The van der Waals surface area contributed by atoms with Gasteiger partial charge in [0.1, 0.15) is 5.82 Å². The molecule has 140 valence electrons. The molecular formula is C18H24ClN5O2. The van der Waals surface area contributed by atoms with Crippen LogP contribution in [0.15, 0.2) is 18.2 Å². The van der Waals surface area contributed by atoms with Gasteiger partial charge in [0.05, 0.1) is 11.0 Å². The van der Waals surface area contributed by atoms with Crippen LogP contribution in [-0.2, 0) is 11.2 Å². The number of amides is 3. The number of aryl methyl sites for hydroxylation is 1. The van der Waals surface area contributed by atoms with Crippen molar-refractivity contribution in [2.45, 2.75) is 19.3 Å². The van der Waals surface area contributed by atoms with Gasteiger partial charge in [-0.1, -0.05) is 11.6 Å². The van der Waals surface area contributed by atoms with Crippen LogP contribution in [0, 0.1) is 5.92 Å². The fourth-order valence-electron chi connectivity index (χ4n) is 3.29. The number of fused-ring (bicyclic) bond motifs is 1. The van der Waals surface area contributed by atoms with Crippen molar-refractivity contribution < 1.29 is 9.59 Å². The molecule has 0 saturated carbocycles. The van der Waals surface area contributed by atoms with Crippen molar-refractivity contribution in [3.8, 4) is 0 Å². The van der Waals surface area contributed by atoms with Crippen LogP contribution in [0.25, 0.3) is 11.0 Å². The average molecular weight is 378 g/mol. The third-order valence-corrected chi connectivity index (χ3v) is 4.89. The molecule has 1 aliphatic heterocycles. The van der Waals surface area contributed by atoms with Crippen molar-refractivity contribution >= 4 is 34.6 Å². The third kappa shape index (κ3) is 4.46. The zero-order valence-corrected chi connectivity index (χ0v) is 15.8. The first-order valence-electron chi connectivity index (χ1n) is 8.79. The number of imidazole rings is 1. The average Bonchev–Trinajstić information content (AvgIpc) is 3.13. The van der Waals surface area contributed by atoms with E-state index >= 15 is 0 Å². The Morgan fingerprint density at radius 2 is 2.31 bits per heavy atom. The molecule has 1 aliphatic rings. The highest BCUT2D eigenvalue weighted by molar-refractivity contribution is 6.31. The van der Waals surface area contributed by atoms with Gasteiger partial charge in [0.2, 0.25) is 5.91 Å². The van der Waals surface area contributed by atoms with Crippen LogP contribution >= 0.6 is 11.6 Å². The lowest BCUT2D eigenvalue weighted by atomic mass is 10.1. The number of benzene rings is 1. The topological polar surface area (TPSA) is 81.3 Å². The number of hydrogen-bond acceptors (Lipinski definition) is 3. The molecule has 26 heavy (non-hydrogen) atoms. The van der Waals surface area contributed by atoms with E-state index in [1.165, 1.54) is 0 Å². The van der Waals surface area contributed by atoms with Crippen LogP contribution in [0.4, 0.5) is 4.79 Å². The van der Waals surface area contributed by atoms with Crippen molar-refractivity contribution in [2.75, 3.05) is 33.7 Å². The van der Waals surface area contributed by atoms with Crippen LogP contribution in [-0.4, -0.2) is 65.4 Å². The van der Waals surface area contributed by atoms with E-state index in [9.17, 15) is 9.59 Å². The van der Waals surface area contributed by atoms with E-state index in [0.29, 0.717) is 31.1 Å². The Morgan fingerprint density at radius 1 is 1.50 bits per heavy atom. The maximum atomic E-state index is 12.2. The quantitative estimate of drug-likeness (QED) is 0.758. The number of urea groups is 1. The number of aromatic amines is 1. The van der Waals surface area contributed by atoms with E-state index in [1.54, 1.807) is 23.9 Å². The van der Waals surface area contributed by atoms with Gasteiger partial charge in [-0.3, -0.25) is 4.79 Å². The standard InChI is InChI=1S/C18H24ClN5O2/c1-23-10-12(8-17(23)25)11-24(2)18(26)20-7-3-4-16-21-14-6-5-13(19)9-15(14)22-16/h5-6,9,12H,3-4,7-8,10-11H2,1-2H3,(H,20,26)(H,21,22)/t12-/m1/s1. The minimum absolute atomic E-state index is 0.108. The Balaban J connectivity index is 1.39. The van der Waals surface area contributed by atoms with Crippen LogP contribution in [0.1, 0.15) is 18.7 Å². The zero-order valence-electron chi connectivity index (χ0n) is 15.1. The first kappa shape index (κ1) is 18.5. The van der Waals surface area contributed by atoms with Gasteiger partial charge in [-0.2, -0.15) is 0 Å². The summed E-state index contributed by atoms with van der Waals surface area (Å²) in [5, 5.41) is 3.60. The normalized spacial score (nSPS) is 17.1. The second-order valence-corrected chi connectivity index (χ2v) is 7.34. The number of halogens is 1. The number of nitrogens with one attached hydrogen (secondary N) is 2. The Labute approximate surface area is 157 Å². The first-order chi connectivity index (χ1) is 12.4. The molecule has 8 heteroatoms. The van der Waals surface area contributed by atoms with Crippen LogP contribution in [0.5, 0.6) is 0 Å². The summed E-state index contributed by atoms with van der Waals surface area (Å²) in [6, 6.07) is 5.46. The van der Waals surface area contributed by atoms with Crippen molar-refractivity contribution in [3.63, 3.8) is 0 Å². The van der Waals surface area contributed by atoms with Gasteiger partial charge in [0, 0.05) is 57.5 Å². The summed E-state index contributed by atoms with van der Waals surface area (Å²) in [5.74, 6) is 1.25. The summed E-state index contributed by atoms with van der Waals surface area (Å²) in [6.45, 7) is 1.88. The van der Waals surface area contributed by atoms with Gasteiger partial charge in [0.25, 0.3) is 0 Å². The first-order valence-corrected chi connectivity index (χ1v) is 9.17. The number of carbonyl (C=O) groups excluding carboxylic acids is 2. The van der Waals surface area contributed by atoms with Gasteiger partial charge in [-0.25, -0.2) is 9.78 Å². The van der Waals surface area contributed by atoms with E-state index in [1.807, 2.05) is 18.2 Å². The SMILES string of the molecule is CN1C[C@H](CN(C)C(=O)NCCCc2nc3ccc(Cl)cc3[nH]2)CC1=O. The molecule has 0 radical (unpaired) electrons. The molecule has 2 aromatic rings. The van der Waals surface area contributed by atoms with Crippen molar-refractivity contribution in [1.29, 1.82) is 0 Å². The molecule has 1 saturated heterocycles. The van der Waals surface area contributed by atoms with E-state index in [-0.39, 0.29) is 17.9 Å². The van der Waals surface area contributed by atoms with Crippen LogP contribution in [0.3, 0.4) is 0 Å². The molecular weight excluding hydrogens is 354 g/mol. The number of likely N-dealkylation sites (tertiary alicyclic amines) is 1. The molecule has 2 N–H and O–H groups in total. The second-order valence-electron chi connectivity index (χ2n) is 6.91. The molecule has 0 unspecified atom stereocenters. The third-order valence-electron chi connectivity index (χ3n) is 4.66. The Morgan fingerprint density at radius 3 is 3.04 bits per heavy atom. The van der Waals surface area contributed by atoms with E-state index in [0.717, 1.165) is 29.7 Å². The van der Waals surface area contributed by atoms with Gasteiger partial charge in [-0.05, 0) is 24.6 Å². The van der Waals surface area contributed by atoms with E-state index in [2.05, 4.69) is 15.3 Å². The van der Waals surface area contributed by atoms with Crippen LogP contribution in [0.2, 0.25) is 5.02 Å². The molecule has 3 amide bonds. The summed E-state index contributed by atoms with van der Waals surface area (Å²) in [6.07, 6.45) is 2.06. The lowest BCUT2D eigenvalue weighted by Gasteiger charge is -2.21. The molecule has 1 fully saturated rings. The molecule has 2 heterocycles. The largest absolute Gasteiger partial charge is 0.345 e. The predicted octanol–water partition coefficient (Wildman–Crippen LogP) is 2.27. The second kappa shape index (κ2) is 7.95. The molecule has 7 nitrogen and oxygen atoms in total. The number of hydrogen-bond donors (Lipinski definition) is 2. The lowest BCUT2D eigenvalue weighted by Crippen LogP contribution is -2.40. The lowest BCUT2D eigenvalue weighted by molar-refractivity contribution is -0.126. The molecule has 3 rings (SSSR count). The van der Waals surface area contributed by atoms with E-state index in [4.69, 9.17) is 11.6 Å². The van der Waals surface area contributed by atoms with Crippen molar-refractivity contribution in [3.05, 3.63) is 29.0 Å². The summed E-state index contributed by atoms with van der Waals surface area (Å²) < 4.78 is 0.